The summed E-state index contributed by atoms with van der Waals surface area (Å²) in [5, 5.41) is 2.99. The molecule has 0 fully saturated rings. The average Bonchev–Trinajstić information content (AvgIpc) is 2.41. The summed E-state index contributed by atoms with van der Waals surface area (Å²) in [6.07, 6.45) is 1.42. The first-order valence-corrected chi connectivity index (χ1v) is 6.68. The molecule has 0 bridgehead atoms. The van der Waals surface area contributed by atoms with Gasteiger partial charge < -0.3 is 11.1 Å². The maximum atomic E-state index is 12.3. The summed E-state index contributed by atoms with van der Waals surface area (Å²) in [6, 6.07) is 9.18. The summed E-state index contributed by atoms with van der Waals surface area (Å²) >= 11 is 5.93. The zero-order valence-electron chi connectivity index (χ0n) is 11.4. The standard InChI is InChI=1S/C15H16ClN3O/c1-9(2)11-5-3-4-6-13(11)19-15(20)12-7-10(17)8-18-14(12)16/h3-9H,17H2,1-2H3,(H,19,20). The molecule has 0 atom stereocenters. The lowest BCUT2D eigenvalue weighted by Crippen LogP contribution is -2.15. The van der Waals surface area contributed by atoms with Gasteiger partial charge in [-0.1, -0.05) is 43.6 Å². The van der Waals surface area contributed by atoms with Gasteiger partial charge in [0.1, 0.15) is 5.15 Å². The van der Waals surface area contributed by atoms with Crippen LogP contribution in [0.3, 0.4) is 0 Å². The summed E-state index contributed by atoms with van der Waals surface area (Å²) in [5.41, 5.74) is 8.14. The van der Waals surface area contributed by atoms with Crippen molar-refractivity contribution in [1.82, 2.24) is 4.98 Å². The maximum Gasteiger partial charge on any atom is 0.258 e. The molecule has 104 valence electrons. The molecule has 0 saturated heterocycles. The molecule has 20 heavy (non-hydrogen) atoms. The molecule has 4 nitrogen and oxygen atoms in total. The van der Waals surface area contributed by atoms with E-state index in [1.807, 2.05) is 24.3 Å². The van der Waals surface area contributed by atoms with Crippen molar-refractivity contribution in [3.63, 3.8) is 0 Å². The predicted molar refractivity (Wildman–Crippen MR) is 82.1 cm³/mol. The quantitative estimate of drug-likeness (QED) is 0.847. The van der Waals surface area contributed by atoms with Crippen molar-refractivity contribution in [2.24, 2.45) is 0 Å². The minimum atomic E-state index is -0.317. The molecule has 2 rings (SSSR count). The summed E-state index contributed by atoms with van der Waals surface area (Å²) in [5.74, 6) is -0.0103. The van der Waals surface area contributed by atoms with E-state index in [9.17, 15) is 4.79 Å². The number of anilines is 2. The Bertz CT molecular complexity index is 641. The van der Waals surface area contributed by atoms with Crippen LogP contribution in [0.25, 0.3) is 0 Å². The van der Waals surface area contributed by atoms with Gasteiger partial charge in [0.15, 0.2) is 0 Å². The van der Waals surface area contributed by atoms with Crippen LogP contribution in [0.1, 0.15) is 35.7 Å². The number of aromatic nitrogens is 1. The zero-order chi connectivity index (χ0) is 14.7. The van der Waals surface area contributed by atoms with Gasteiger partial charge in [-0.2, -0.15) is 0 Å². The molecule has 1 aromatic heterocycles. The number of nitrogens with one attached hydrogen (secondary N) is 1. The fourth-order valence-electron chi connectivity index (χ4n) is 1.93. The van der Waals surface area contributed by atoms with E-state index in [0.29, 0.717) is 11.6 Å². The van der Waals surface area contributed by atoms with Crippen LogP contribution in [0.4, 0.5) is 11.4 Å². The van der Waals surface area contributed by atoms with Crippen molar-refractivity contribution >= 4 is 28.9 Å². The number of carbonyl (C=O) groups is 1. The number of amides is 1. The van der Waals surface area contributed by atoms with Gasteiger partial charge in [0.05, 0.1) is 17.4 Å². The molecule has 1 heterocycles. The molecular weight excluding hydrogens is 274 g/mol. The highest BCUT2D eigenvalue weighted by atomic mass is 35.5. The summed E-state index contributed by atoms with van der Waals surface area (Å²) in [4.78, 5) is 16.1. The maximum absolute atomic E-state index is 12.3. The van der Waals surface area contributed by atoms with Crippen molar-refractivity contribution in [1.29, 1.82) is 0 Å². The average molecular weight is 290 g/mol. The van der Waals surface area contributed by atoms with Crippen molar-refractivity contribution in [2.45, 2.75) is 19.8 Å². The third kappa shape index (κ3) is 3.08. The fraction of sp³-hybridized carbons (Fsp3) is 0.200. The van der Waals surface area contributed by atoms with Crippen LogP contribution in [0.2, 0.25) is 5.15 Å². The number of pyridine rings is 1. The van der Waals surface area contributed by atoms with E-state index in [0.717, 1.165) is 11.3 Å². The monoisotopic (exact) mass is 289 g/mol. The summed E-state index contributed by atoms with van der Waals surface area (Å²) < 4.78 is 0. The Morgan fingerprint density at radius 1 is 1.35 bits per heavy atom. The van der Waals surface area contributed by atoms with Crippen LogP contribution in [0.5, 0.6) is 0 Å². The Balaban J connectivity index is 2.31. The second kappa shape index (κ2) is 5.92. The first kappa shape index (κ1) is 14.3. The Kier molecular flexibility index (Phi) is 4.25. The van der Waals surface area contributed by atoms with Gasteiger partial charge >= 0.3 is 0 Å². The van der Waals surface area contributed by atoms with E-state index in [2.05, 4.69) is 24.1 Å². The number of para-hydroxylation sites is 1. The van der Waals surface area contributed by atoms with E-state index in [4.69, 9.17) is 17.3 Å². The van der Waals surface area contributed by atoms with Gasteiger partial charge in [0.2, 0.25) is 0 Å². The van der Waals surface area contributed by atoms with Crippen LogP contribution >= 0.6 is 11.6 Å². The largest absolute Gasteiger partial charge is 0.397 e. The Morgan fingerprint density at radius 3 is 2.75 bits per heavy atom. The van der Waals surface area contributed by atoms with Crippen LogP contribution in [-0.2, 0) is 0 Å². The van der Waals surface area contributed by atoms with Gasteiger partial charge in [0, 0.05) is 5.69 Å². The molecular formula is C15H16ClN3O. The van der Waals surface area contributed by atoms with Crippen LogP contribution in [0.15, 0.2) is 36.5 Å². The van der Waals surface area contributed by atoms with E-state index in [-0.39, 0.29) is 16.6 Å². The number of nitrogen functional groups attached to an aromatic ring is 1. The molecule has 0 radical (unpaired) electrons. The first-order valence-electron chi connectivity index (χ1n) is 6.30. The molecule has 1 amide bonds. The second-order valence-corrected chi connectivity index (χ2v) is 5.16. The molecule has 0 spiro atoms. The van der Waals surface area contributed by atoms with Crippen molar-refractivity contribution < 1.29 is 4.79 Å². The number of nitrogens with zero attached hydrogens (tertiary/aromatic N) is 1. The molecule has 0 saturated carbocycles. The van der Waals surface area contributed by atoms with E-state index in [1.165, 1.54) is 12.3 Å². The van der Waals surface area contributed by atoms with Gasteiger partial charge in [-0.3, -0.25) is 4.79 Å². The van der Waals surface area contributed by atoms with Gasteiger partial charge in [0.25, 0.3) is 5.91 Å². The Hall–Kier alpha value is -2.07. The lowest BCUT2D eigenvalue weighted by atomic mass is 10.0. The third-order valence-corrected chi connectivity index (χ3v) is 3.24. The SMILES string of the molecule is CC(C)c1ccccc1NC(=O)c1cc(N)cnc1Cl. The predicted octanol–water partition coefficient (Wildman–Crippen LogP) is 3.69. The van der Waals surface area contributed by atoms with Gasteiger partial charge in [-0.25, -0.2) is 4.98 Å². The number of nitrogens with two attached hydrogens (primary N) is 1. The number of rotatable bonds is 3. The normalized spacial score (nSPS) is 10.6. The van der Waals surface area contributed by atoms with Gasteiger partial charge in [-0.05, 0) is 23.6 Å². The molecule has 3 N–H and O–H groups in total. The highest BCUT2D eigenvalue weighted by molar-refractivity contribution is 6.33. The minimum absolute atomic E-state index is 0.138. The minimum Gasteiger partial charge on any atom is -0.397 e. The topological polar surface area (TPSA) is 68.0 Å². The number of carbonyl (C=O) groups excluding carboxylic acids is 1. The number of benzene rings is 1. The van der Waals surface area contributed by atoms with Crippen LogP contribution in [-0.4, -0.2) is 10.9 Å². The van der Waals surface area contributed by atoms with Crippen LogP contribution < -0.4 is 11.1 Å². The molecule has 0 aliphatic rings. The summed E-state index contributed by atoms with van der Waals surface area (Å²) in [6.45, 7) is 4.14. The molecule has 5 heteroatoms. The molecule has 0 unspecified atom stereocenters. The van der Waals surface area contributed by atoms with E-state index >= 15 is 0 Å². The Labute approximate surface area is 123 Å². The van der Waals surface area contributed by atoms with Crippen molar-refractivity contribution in [3.8, 4) is 0 Å². The Morgan fingerprint density at radius 2 is 2.05 bits per heavy atom. The van der Waals surface area contributed by atoms with Crippen molar-refractivity contribution in [2.75, 3.05) is 11.1 Å². The highest BCUT2D eigenvalue weighted by Crippen LogP contribution is 2.25. The molecule has 0 aliphatic carbocycles. The molecule has 2 aromatic rings. The highest BCUT2D eigenvalue weighted by Gasteiger charge is 2.14. The van der Waals surface area contributed by atoms with E-state index in [1.54, 1.807) is 0 Å². The zero-order valence-corrected chi connectivity index (χ0v) is 12.1. The second-order valence-electron chi connectivity index (χ2n) is 4.80. The number of hydrogen-bond donors (Lipinski definition) is 2. The molecule has 0 aliphatic heterocycles. The summed E-state index contributed by atoms with van der Waals surface area (Å²) in [7, 11) is 0. The lowest BCUT2D eigenvalue weighted by molar-refractivity contribution is 0.102. The smallest absolute Gasteiger partial charge is 0.258 e. The lowest BCUT2D eigenvalue weighted by Gasteiger charge is -2.14. The third-order valence-electron chi connectivity index (χ3n) is 2.94. The first-order chi connectivity index (χ1) is 9.49. The molecule has 1 aromatic carbocycles. The fourth-order valence-corrected chi connectivity index (χ4v) is 2.12. The number of halogens is 1. The van der Waals surface area contributed by atoms with Crippen LogP contribution in [0, 0.1) is 0 Å². The van der Waals surface area contributed by atoms with E-state index < -0.39 is 0 Å². The van der Waals surface area contributed by atoms with Crippen molar-refractivity contribution in [3.05, 3.63) is 52.8 Å². The van der Waals surface area contributed by atoms with Gasteiger partial charge in [-0.15, -0.1) is 0 Å². The number of hydrogen-bond acceptors (Lipinski definition) is 3.